The zero-order valence-electron chi connectivity index (χ0n) is 20.5. The van der Waals surface area contributed by atoms with Gasteiger partial charge in [0.25, 0.3) is 0 Å². The first-order valence-electron chi connectivity index (χ1n) is 12.0. The summed E-state index contributed by atoms with van der Waals surface area (Å²) in [5.74, 6) is -0.672. The molecule has 0 bridgehead atoms. The van der Waals surface area contributed by atoms with Crippen LogP contribution in [0.25, 0.3) is 10.2 Å². The summed E-state index contributed by atoms with van der Waals surface area (Å²) in [6, 6.07) is 5.21. The summed E-state index contributed by atoms with van der Waals surface area (Å²) < 4.78 is 63.3. The number of rotatable bonds is 9. The first-order valence-corrected chi connectivity index (χ1v) is 14.4. The van der Waals surface area contributed by atoms with Crippen molar-refractivity contribution in [2.24, 2.45) is 11.3 Å². The molecule has 11 heteroatoms. The van der Waals surface area contributed by atoms with E-state index in [9.17, 15) is 31.5 Å². The molecule has 2 aliphatic rings. The summed E-state index contributed by atoms with van der Waals surface area (Å²) in [5.41, 5.74) is -0.634. The van der Waals surface area contributed by atoms with Gasteiger partial charge in [-0.05, 0) is 43.0 Å². The van der Waals surface area contributed by atoms with Crippen LogP contribution in [0.1, 0.15) is 24.8 Å². The molecule has 0 radical (unpaired) electrons. The molecule has 1 fully saturated rings. The zero-order chi connectivity index (χ0) is 27.7. The Labute approximate surface area is 222 Å². The molecule has 2 N–H and O–H groups in total. The first kappa shape index (κ1) is 28.0. The number of alkyl halides is 3. The Balaban J connectivity index is 1.44. The smallest absolute Gasteiger partial charge is 0.392 e. The summed E-state index contributed by atoms with van der Waals surface area (Å²) in [6.07, 6.45) is 5.13. The number of aromatic nitrogens is 1. The number of halogens is 3. The lowest BCUT2D eigenvalue weighted by Gasteiger charge is -2.25. The lowest BCUT2D eigenvalue weighted by Crippen LogP contribution is -2.34. The number of thiazole rings is 1. The van der Waals surface area contributed by atoms with E-state index in [0.29, 0.717) is 29.1 Å². The van der Waals surface area contributed by atoms with Crippen molar-refractivity contribution in [2.45, 2.75) is 38.5 Å². The third-order valence-corrected chi connectivity index (χ3v) is 9.62. The molecule has 0 saturated heterocycles. The van der Waals surface area contributed by atoms with Crippen LogP contribution in [0.3, 0.4) is 0 Å². The van der Waals surface area contributed by atoms with Crippen LogP contribution in [0.2, 0.25) is 0 Å². The number of carbonyl (C=O) groups excluding carboxylic acids is 1. The van der Waals surface area contributed by atoms with E-state index in [-0.39, 0.29) is 28.9 Å². The second-order valence-corrected chi connectivity index (χ2v) is 12.6. The number of hydrogen-bond acceptors (Lipinski definition) is 6. The molecular weight excluding hydrogens is 537 g/mol. The molecule has 3 unspecified atom stereocenters. The molecule has 3 atom stereocenters. The maximum Gasteiger partial charge on any atom is 0.416 e. The van der Waals surface area contributed by atoms with Crippen LogP contribution in [0.15, 0.2) is 77.8 Å². The lowest BCUT2D eigenvalue weighted by molar-refractivity contribution is -0.123. The zero-order valence-corrected chi connectivity index (χ0v) is 22.2. The second-order valence-electron chi connectivity index (χ2n) is 9.17. The lowest BCUT2D eigenvalue weighted by atomic mass is 9.82. The summed E-state index contributed by atoms with van der Waals surface area (Å²) in [6.45, 7) is 4.76. The highest BCUT2D eigenvalue weighted by atomic mass is 32.2. The average molecular weight is 565 g/mol. The average Bonchev–Trinajstić information content (AvgIpc) is 3.40. The van der Waals surface area contributed by atoms with Gasteiger partial charge in [-0.25, -0.2) is 13.4 Å². The Bertz CT molecular complexity index is 1490. The summed E-state index contributed by atoms with van der Waals surface area (Å²) >= 11 is 1.36. The van der Waals surface area contributed by atoms with E-state index in [4.69, 9.17) is 0 Å². The van der Waals surface area contributed by atoms with Gasteiger partial charge in [-0.2, -0.15) is 13.2 Å². The number of sulfone groups is 1. The molecule has 0 aliphatic heterocycles. The van der Waals surface area contributed by atoms with Gasteiger partial charge in [-0.3, -0.25) is 4.79 Å². The van der Waals surface area contributed by atoms with E-state index in [1.54, 1.807) is 43.4 Å². The Morgan fingerprint density at radius 2 is 2.11 bits per heavy atom. The molecule has 4 rings (SSSR count). The van der Waals surface area contributed by atoms with Gasteiger partial charge in [0.1, 0.15) is 0 Å². The molecule has 2 aromatic rings. The quantitative estimate of drug-likeness (QED) is 0.384. The fraction of sp³-hybridized carbons (Fsp3) is 0.333. The number of aliphatic hydroxyl groups is 1. The van der Waals surface area contributed by atoms with Crippen molar-refractivity contribution in [3.8, 4) is 0 Å². The monoisotopic (exact) mass is 564 g/mol. The van der Waals surface area contributed by atoms with E-state index >= 15 is 0 Å². The maximum absolute atomic E-state index is 13.2. The molecular formula is C27H27F3N2O4S2. The number of amides is 1. The molecule has 202 valence electrons. The standard InChI is InChI=1S/C27H27F3N2O4S2/c1-3-17(27(28,29)30)7-5-6-8-24-32-21-14-11-19(15-22(21)37-24)31-25(34)26(16-23(26)33)18-9-12-20(13-10-18)38(35,36)4-2/h3,5-7,9,11-15,18,23,33H,1,4,8,10,16H2,2H3,(H,31,34)/b6-5+,17-7+. The molecule has 6 nitrogen and oxygen atoms in total. The normalized spacial score (nSPS) is 24.0. The van der Waals surface area contributed by atoms with E-state index in [2.05, 4.69) is 16.9 Å². The van der Waals surface area contributed by atoms with Gasteiger partial charge in [-0.15, -0.1) is 11.3 Å². The van der Waals surface area contributed by atoms with Crippen LogP contribution in [0.4, 0.5) is 18.9 Å². The molecule has 38 heavy (non-hydrogen) atoms. The fourth-order valence-electron chi connectivity index (χ4n) is 4.46. The van der Waals surface area contributed by atoms with Crippen molar-refractivity contribution >= 4 is 43.0 Å². The van der Waals surface area contributed by atoms with Gasteiger partial charge in [0, 0.05) is 12.1 Å². The largest absolute Gasteiger partial charge is 0.416 e. The number of carbonyl (C=O) groups is 1. The van der Waals surface area contributed by atoms with Crippen molar-refractivity contribution in [3.63, 3.8) is 0 Å². The Morgan fingerprint density at radius 1 is 1.37 bits per heavy atom. The minimum atomic E-state index is -4.46. The molecule has 1 aromatic carbocycles. The number of fused-ring (bicyclic) bond motifs is 1. The third kappa shape index (κ3) is 5.69. The minimum Gasteiger partial charge on any atom is -0.392 e. The van der Waals surface area contributed by atoms with Crippen molar-refractivity contribution in [2.75, 3.05) is 11.1 Å². The van der Waals surface area contributed by atoms with E-state index in [0.717, 1.165) is 16.9 Å². The van der Waals surface area contributed by atoms with Gasteiger partial charge in [0.05, 0.1) is 43.0 Å². The number of hydrogen-bond donors (Lipinski definition) is 2. The number of nitrogens with zero attached hydrogens (tertiary/aromatic N) is 1. The Hall–Kier alpha value is -3.02. The SMILES string of the molecule is C=C/C(=C\C=C\Cc1nc2ccc(NC(=O)C3(C4C=CC(S(=O)(=O)CC)=CC4)CC3O)cc2s1)C(F)(F)F. The Kier molecular flexibility index (Phi) is 7.83. The number of anilines is 1. The van der Waals surface area contributed by atoms with Crippen LogP contribution < -0.4 is 5.32 Å². The van der Waals surface area contributed by atoms with Crippen molar-refractivity contribution in [1.29, 1.82) is 0 Å². The van der Waals surface area contributed by atoms with Crippen molar-refractivity contribution < 1.29 is 31.5 Å². The molecule has 1 heterocycles. The van der Waals surface area contributed by atoms with Gasteiger partial charge < -0.3 is 10.4 Å². The van der Waals surface area contributed by atoms with Crippen LogP contribution in [0, 0.1) is 11.3 Å². The van der Waals surface area contributed by atoms with Crippen LogP contribution in [0.5, 0.6) is 0 Å². The molecule has 1 aromatic heterocycles. The predicted octanol–water partition coefficient (Wildman–Crippen LogP) is 5.65. The number of allylic oxidation sites excluding steroid dienone is 8. The highest BCUT2D eigenvalue weighted by Gasteiger charge is 2.63. The summed E-state index contributed by atoms with van der Waals surface area (Å²) in [5, 5.41) is 14.0. The van der Waals surface area contributed by atoms with Crippen molar-refractivity contribution in [3.05, 3.63) is 82.8 Å². The Morgan fingerprint density at radius 3 is 2.68 bits per heavy atom. The molecule has 0 spiro atoms. The molecule has 2 aliphatic carbocycles. The van der Waals surface area contributed by atoms with Gasteiger partial charge in [-0.1, -0.05) is 50.0 Å². The van der Waals surface area contributed by atoms with Crippen molar-refractivity contribution in [1.82, 2.24) is 4.98 Å². The molecule has 1 amide bonds. The topological polar surface area (TPSA) is 96.4 Å². The van der Waals surface area contributed by atoms with Gasteiger partial charge in [0.15, 0.2) is 9.84 Å². The number of nitrogens with one attached hydrogen (secondary N) is 1. The van der Waals surface area contributed by atoms with E-state index < -0.39 is 33.1 Å². The fourth-order valence-corrected chi connectivity index (χ4v) is 6.41. The van der Waals surface area contributed by atoms with Crippen LogP contribution in [-0.2, 0) is 21.1 Å². The third-order valence-electron chi connectivity index (χ3n) is 6.80. The van der Waals surface area contributed by atoms with E-state index in [1.165, 1.54) is 23.5 Å². The number of aliphatic hydroxyl groups excluding tert-OH is 1. The van der Waals surface area contributed by atoms with Crippen LogP contribution in [-0.4, -0.2) is 42.4 Å². The highest BCUT2D eigenvalue weighted by molar-refractivity contribution is 7.95. The van der Waals surface area contributed by atoms with Gasteiger partial charge in [0.2, 0.25) is 5.91 Å². The summed E-state index contributed by atoms with van der Waals surface area (Å²) in [7, 11) is -3.34. The first-order chi connectivity index (χ1) is 17.9. The minimum absolute atomic E-state index is 0.00843. The molecule has 1 saturated carbocycles. The van der Waals surface area contributed by atoms with Crippen LogP contribution >= 0.6 is 11.3 Å². The second kappa shape index (κ2) is 10.6. The number of benzene rings is 1. The predicted molar refractivity (Wildman–Crippen MR) is 143 cm³/mol. The van der Waals surface area contributed by atoms with E-state index in [1.807, 2.05) is 0 Å². The van der Waals surface area contributed by atoms with Gasteiger partial charge >= 0.3 is 6.18 Å². The maximum atomic E-state index is 13.2. The highest BCUT2D eigenvalue weighted by Crippen LogP contribution is 2.55. The summed E-state index contributed by atoms with van der Waals surface area (Å²) in [4.78, 5) is 18.0.